The van der Waals surface area contributed by atoms with Crippen molar-refractivity contribution in [3.05, 3.63) is 75.1 Å². The van der Waals surface area contributed by atoms with Gasteiger partial charge in [-0.1, -0.05) is 31.2 Å². The monoisotopic (exact) mass is 610 g/mol. The van der Waals surface area contributed by atoms with Crippen LogP contribution in [-0.2, 0) is 20.9 Å². The highest BCUT2D eigenvalue weighted by Crippen LogP contribution is 2.30. The molecule has 0 spiro atoms. The molecule has 1 aliphatic rings. The summed E-state index contributed by atoms with van der Waals surface area (Å²) in [5, 5.41) is 23.0. The highest BCUT2D eigenvalue weighted by molar-refractivity contribution is 14.1. The van der Waals surface area contributed by atoms with E-state index in [0.29, 0.717) is 11.3 Å². The second kappa shape index (κ2) is 12.9. The van der Waals surface area contributed by atoms with Gasteiger partial charge in [-0.2, -0.15) is 0 Å². The van der Waals surface area contributed by atoms with E-state index in [4.69, 9.17) is 9.84 Å². The molecule has 0 aromatic heterocycles. The number of ether oxygens (including phenoxy) is 1. The van der Waals surface area contributed by atoms with Gasteiger partial charge in [0.25, 0.3) is 5.91 Å². The molecule has 36 heavy (non-hydrogen) atoms. The van der Waals surface area contributed by atoms with Gasteiger partial charge in [0, 0.05) is 31.5 Å². The van der Waals surface area contributed by atoms with Crippen LogP contribution in [0.15, 0.2) is 60.2 Å². The minimum atomic E-state index is -1.27. The number of halogens is 2. The number of benzene rings is 2. The molecule has 3 unspecified atom stereocenters. The van der Waals surface area contributed by atoms with Crippen molar-refractivity contribution in [2.75, 3.05) is 13.2 Å². The number of amides is 2. The van der Waals surface area contributed by atoms with Gasteiger partial charge in [-0.05, 0) is 58.5 Å². The summed E-state index contributed by atoms with van der Waals surface area (Å²) in [6, 6.07) is 11.6. The number of nitrogens with zero attached hydrogens (tertiary/aromatic N) is 1. The van der Waals surface area contributed by atoms with Crippen LogP contribution in [0.2, 0.25) is 0 Å². The first-order valence-electron chi connectivity index (χ1n) is 11.5. The van der Waals surface area contributed by atoms with Crippen LogP contribution < -0.4 is 10.1 Å². The van der Waals surface area contributed by atoms with Crippen LogP contribution in [0.4, 0.5) is 4.39 Å². The maximum absolute atomic E-state index is 13.5. The summed E-state index contributed by atoms with van der Waals surface area (Å²) in [6.45, 7) is 1.25. The predicted molar refractivity (Wildman–Crippen MR) is 138 cm³/mol. The Labute approximate surface area is 222 Å². The van der Waals surface area contributed by atoms with Crippen LogP contribution in [0.25, 0.3) is 0 Å². The number of carbonyl (C=O) groups excluding carboxylic acids is 3. The predicted octanol–water partition coefficient (Wildman–Crippen LogP) is 2.35. The van der Waals surface area contributed by atoms with Gasteiger partial charge >= 0.3 is 0 Å². The van der Waals surface area contributed by atoms with Crippen molar-refractivity contribution in [1.82, 2.24) is 10.2 Å². The zero-order valence-electron chi connectivity index (χ0n) is 19.7. The summed E-state index contributed by atoms with van der Waals surface area (Å²) < 4.78 is 20.3. The zero-order valence-corrected chi connectivity index (χ0v) is 21.9. The largest absolute Gasteiger partial charge is 0.482 e. The van der Waals surface area contributed by atoms with Crippen LogP contribution in [0, 0.1) is 9.39 Å². The van der Waals surface area contributed by atoms with E-state index in [1.54, 1.807) is 19.1 Å². The van der Waals surface area contributed by atoms with E-state index < -0.39 is 41.7 Å². The zero-order chi connectivity index (χ0) is 26.2. The van der Waals surface area contributed by atoms with Crippen LogP contribution >= 0.6 is 22.6 Å². The second-order valence-corrected chi connectivity index (χ2v) is 9.44. The SMILES string of the molecule is CCC(=O)C(=O)N(Cc1ccc(F)cc1)C1CC(C(=O)NCCO)=CC(Oc2ccccc2I)C1O. The molecular formula is C26H28FIN2O6. The molecular weight excluding hydrogens is 582 g/mol. The fourth-order valence-electron chi connectivity index (χ4n) is 3.90. The highest BCUT2D eigenvalue weighted by Gasteiger charge is 2.41. The van der Waals surface area contributed by atoms with Gasteiger partial charge in [-0.25, -0.2) is 4.39 Å². The van der Waals surface area contributed by atoms with Crippen molar-refractivity contribution in [3.8, 4) is 5.75 Å². The molecule has 8 nitrogen and oxygen atoms in total. The molecule has 1 aliphatic carbocycles. The van der Waals surface area contributed by atoms with Crippen LogP contribution in [-0.4, -0.2) is 64.1 Å². The molecule has 0 heterocycles. The van der Waals surface area contributed by atoms with Gasteiger partial charge < -0.3 is 25.2 Å². The molecule has 0 fully saturated rings. The molecule has 2 aromatic rings. The van der Waals surface area contributed by atoms with Crippen molar-refractivity contribution in [1.29, 1.82) is 0 Å². The average Bonchev–Trinajstić information content (AvgIpc) is 2.88. The lowest BCUT2D eigenvalue weighted by molar-refractivity contribution is -0.149. The molecule has 0 bridgehead atoms. The Kier molecular flexibility index (Phi) is 9.97. The summed E-state index contributed by atoms with van der Waals surface area (Å²) in [5.74, 6) is -1.91. The summed E-state index contributed by atoms with van der Waals surface area (Å²) in [4.78, 5) is 39.6. The third kappa shape index (κ3) is 6.89. The molecule has 10 heteroatoms. The standard InChI is InChI=1S/C26H28FIN2O6/c1-2-21(32)26(35)30(15-16-7-9-18(27)10-8-16)20-13-17(25(34)29-11-12-31)14-23(24(20)33)36-22-6-4-3-5-19(22)28/h3-10,14,20,23-24,31,33H,2,11-13,15H2,1H3,(H,29,34). The number of nitrogens with one attached hydrogen (secondary N) is 1. The van der Waals surface area contributed by atoms with E-state index in [1.807, 2.05) is 12.1 Å². The summed E-state index contributed by atoms with van der Waals surface area (Å²) >= 11 is 2.09. The quantitative estimate of drug-likeness (QED) is 0.281. The van der Waals surface area contributed by atoms with Crippen molar-refractivity contribution in [3.63, 3.8) is 0 Å². The van der Waals surface area contributed by atoms with Crippen LogP contribution in [0.5, 0.6) is 5.75 Å². The molecule has 0 radical (unpaired) electrons. The number of Topliss-reactive ketones (excluding diaryl/α,β-unsaturated/α-hetero) is 1. The summed E-state index contributed by atoms with van der Waals surface area (Å²) in [5.41, 5.74) is 0.798. The second-order valence-electron chi connectivity index (χ2n) is 8.28. The van der Waals surface area contributed by atoms with E-state index in [0.717, 1.165) is 3.57 Å². The fourth-order valence-corrected chi connectivity index (χ4v) is 4.42. The van der Waals surface area contributed by atoms with E-state index in [-0.39, 0.29) is 38.1 Å². The third-order valence-corrected chi connectivity index (χ3v) is 6.69. The van der Waals surface area contributed by atoms with Crippen LogP contribution in [0.3, 0.4) is 0 Å². The normalized spacial score (nSPS) is 19.2. The maximum atomic E-state index is 13.5. The fraction of sp³-hybridized carbons (Fsp3) is 0.346. The highest BCUT2D eigenvalue weighted by atomic mass is 127. The van der Waals surface area contributed by atoms with Gasteiger partial charge in [0.2, 0.25) is 11.7 Å². The molecule has 0 saturated heterocycles. The van der Waals surface area contributed by atoms with E-state index in [2.05, 4.69) is 27.9 Å². The average molecular weight is 610 g/mol. The molecule has 0 saturated carbocycles. The van der Waals surface area contributed by atoms with Gasteiger partial charge in [0.1, 0.15) is 23.8 Å². The first-order chi connectivity index (χ1) is 17.2. The van der Waals surface area contributed by atoms with E-state index in [9.17, 15) is 23.9 Å². The number of rotatable bonds is 10. The molecule has 3 N–H and O–H groups in total. The number of aliphatic hydroxyl groups is 2. The minimum Gasteiger partial charge on any atom is -0.482 e. The molecule has 3 atom stereocenters. The number of hydrogen-bond donors (Lipinski definition) is 3. The van der Waals surface area contributed by atoms with Crippen molar-refractivity contribution in [2.45, 2.75) is 44.6 Å². The number of carbonyl (C=O) groups is 3. The molecule has 3 rings (SSSR count). The lowest BCUT2D eigenvalue weighted by Crippen LogP contribution is -2.56. The van der Waals surface area contributed by atoms with Crippen molar-refractivity contribution < 1.29 is 33.7 Å². The molecule has 2 amide bonds. The number of aliphatic hydroxyl groups excluding tert-OH is 2. The summed E-state index contributed by atoms with van der Waals surface area (Å²) in [6.07, 6.45) is -0.865. The lowest BCUT2D eigenvalue weighted by Gasteiger charge is -2.40. The van der Waals surface area contributed by atoms with Gasteiger partial charge in [-0.3, -0.25) is 14.4 Å². The van der Waals surface area contributed by atoms with E-state index in [1.165, 1.54) is 35.2 Å². The van der Waals surface area contributed by atoms with Gasteiger partial charge in [0.15, 0.2) is 0 Å². The number of hydrogen-bond acceptors (Lipinski definition) is 6. The summed E-state index contributed by atoms with van der Waals surface area (Å²) in [7, 11) is 0. The first-order valence-corrected chi connectivity index (χ1v) is 12.6. The third-order valence-electron chi connectivity index (χ3n) is 5.80. The van der Waals surface area contributed by atoms with Gasteiger partial charge in [0.05, 0.1) is 16.2 Å². The Morgan fingerprint density at radius 3 is 2.50 bits per heavy atom. The Morgan fingerprint density at radius 1 is 1.17 bits per heavy atom. The smallest absolute Gasteiger partial charge is 0.290 e. The molecule has 192 valence electrons. The molecule has 2 aromatic carbocycles. The minimum absolute atomic E-state index is 0.0258. The Balaban J connectivity index is 2.00. The Bertz CT molecular complexity index is 1120. The Morgan fingerprint density at radius 2 is 1.86 bits per heavy atom. The molecule has 0 aliphatic heterocycles. The first kappa shape index (κ1) is 27.8. The van der Waals surface area contributed by atoms with Crippen molar-refractivity contribution >= 4 is 40.2 Å². The van der Waals surface area contributed by atoms with Gasteiger partial charge in [-0.15, -0.1) is 0 Å². The topological polar surface area (TPSA) is 116 Å². The van der Waals surface area contributed by atoms with E-state index >= 15 is 0 Å². The van der Waals surface area contributed by atoms with Crippen LogP contribution in [0.1, 0.15) is 25.3 Å². The lowest BCUT2D eigenvalue weighted by atomic mass is 9.87. The van der Waals surface area contributed by atoms with Crippen molar-refractivity contribution in [2.24, 2.45) is 0 Å². The number of ketones is 1. The number of para-hydroxylation sites is 1. The maximum Gasteiger partial charge on any atom is 0.290 e. The Hall–Kier alpha value is -2.83.